The van der Waals surface area contributed by atoms with Crippen LogP contribution in [0.1, 0.15) is 61.2 Å². The first-order valence-electron chi connectivity index (χ1n) is 8.98. The van der Waals surface area contributed by atoms with Gasteiger partial charge in [0.05, 0.1) is 12.8 Å². The molecule has 23 heavy (non-hydrogen) atoms. The Labute approximate surface area is 146 Å². The zero-order valence-electron chi connectivity index (χ0n) is 16.4. The number of nitrogens with zero attached hydrogens (tertiary/aromatic N) is 1. The Morgan fingerprint density at radius 2 is 1.26 bits per heavy atom. The molecule has 0 aliphatic carbocycles. The van der Waals surface area contributed by atoms with E-state index in [1.54, 1.807) is 6.26 Å². The summed E-state index contributed by atoms with van der Waals surface area (Å²) in [6.07, 6.45) is 4.28. The molecule has 0 saturated heterocycles. The Morgan fingerprint density at radius 1 is 0.826 bits per heavy atom. The fraction of sp³-hybridized carbons (Fsp3) is 0.789. The number of hydrogen-bond acceptors (Lipinski definition) is 2. The van der Waals surface area contributed by atoms with Crippen LogP contribution in [-0.2, 0) is 6.54 Å². The number of hydrogen-bond donors (Lipinski definition) is 0. The highest BCUT2D eigenvalue weighted by Gasteiger charge is 2.25. The molecule has 2 nitrogen and oxygen atoms in total. The molecule has 0 atom stereocenters. The second kappa shape index (κ2) is 10.2. The standard InChI is InChI=1S/C19H37NOP2/c1-15(2)22(16(3)4)13-20(12-19-10-9-11-21-19)14-23(17(5)6)18(7)8/h9-11,15-18H,12-14H2,1-8H3. The molecule has 1 aromatic heterocycles. The van der Waals surface area contributed by atoms with E-state index in [2.05, 4.69) is 66.4 Å². The van der Waals surface area contributed by atoms with Crippen LogP contribution in [0.2, 0.25) is 0 Å². The molecule has 0 fully saturated rings. The van der Waals surface area contributed by atoms with Crippen molar-refractivity contribution < 1.29 is 4.42 Å². The van der Waals surface area contributed by atoms with Gasteiger partial charge in [-0.25, -0.2) is 0 Å². The summed E-state index contributed by atoms with van der Waals surface area (Å²) >= 11 is 0. The molecule has 0 N–H and O–H groups in total. The van der Waals surface area contributed by atoms with Gasteiger partial charge in [-0.3, -0.25) is 4.90 Å². The fourth-order valence-electron chi connectivity index (χ4n) is 3.08. The van der Waals surface area contributed by atoms with Crippen molar-refractivity contribution >= 4 is 15.8 Å². The Morgan fingerprint density at radius 3 is 1.57 bits per heavy atom. The molecular formula is C19H37NOP2. The van der Waals surface area contributed by atoms with Crippen LogP contribution in [0, 0.1) is 0 Å². The van der Waals surface area contributed by atoms with Gasteiger partial charge in [0.1, 0.15) is 5.76 Å². The van der Waals surface area contributed by atoms with Gasteiger partial charge in [0.25, 0.3) is 0 Å². The molecule has 134 valence electrons. The minimum atomic E-state index is 0.0257. The summed E-state index contributed by atoms with van der Waals surface area (Å²) in [5, 5.41) is 0. The first kappa shape index (κ1) is 21.1. The normalized spacial score (nSPS) is 13.0. The van der Waals surface area contributed by atoms with E-state index >= 15 is 0 Å². The lowest BCUT2D eigenvalue weighted by atomic mass is 10.4. The topological polar surface area (TPSA) is 16.4 Å². The maximum atomic E-state index is 5.64. The molecule has 1 rings (SSSR count). The molecule has 1 heterocycles. The Hall–Kier alpha value is 0.100. The van der Waals surface area contributed by atoms with Crippen molar-refractivity contribution in [3.63, 3.8) is 0 Å². The van der Waals surface area contributed by atoms with Crippen LogP contribution in [0.5, 0.6) is 0 Å². The zero-order valence-corrected chi connectivity index (χ0v) is 18.2. The van der Waals surface area contributed by atoms with E-state index in [0.717, 1.165) is 34.9 Å². The van der Waals surface area contributed by atoms with Gasteiger partial charge in [-0.1, -0.05) is 71.2 Å². The lowest BCUT2D eigenvalue weighted by Crippen LogP contribution is -2.29. The molecule has 0 aromatic carbocycles. The first-order valence-corrected chi connectivity index (χ1v) is 12.3. The summed E-state index contributed by atoms with van der Waals surface area (Å²) in [6, 6.07) is 4.13. The van der Waals surface area contributed by atoms with E-state index in [9.17, 15) is 0 Å². The molecular weight excluding hydrogens is 320 g/mol. The third-order valence-corrected chi connectivity index (χ3v) is 11.1. The van der Waals surface area contributed by atoms with E-state index in [1.165, 1.54) is 12.6 Å². The predicted octanol–water partition coefficient (Wildman–Crippen LogP) is 6.59. The van der Waals surface area contributed by atoms with Crippen LogP contribution in [-0.4, -0.2) is 40.1 Å². The molecule has 1 aromatic rings. The summed E-state index contributed by atoms with van der Waals surface area (Å²) in [4.78, 5) is 2.69. The number of furan rings is 1. The average Bonchev–Trinajstić information content (AvgIpc) is 2.92. The van der Waals surface area contributed by atoms with Crippen LogP contribution >= 0.6 is 15.8 Å². The van der Waals surface area contributed by atoms with Crippen LogP contribution in [0.25, 0.3) is 0 Å². The van der Waals surface area contributed by atoms with Gasteiger partial charge in [0.2, 0.25) is 0 Å². The van der Waals surface area contributed by atoms with Gasteiger partial charge in [-0.15, -0.1) is 0 Å². The fourth-order valence-corrected chi connectivity index (χ4v) is 8.25. The third-order valence-electron chi connectivity index (χ3n) is 4.34. The SMILES string of the molecule is CC(C)P(CN(Cc1ccco1)CP(C(C)C)C(C)C)C(C)C. The van der Waals surface area contributed by atoms with Gasteiger partial charge in [-0.05, 0) is 34.8 Å². The average molecular weight is 357 g/mol. The van der Waals surface area contributed by atoms with Gasteiger partial charge < -0.3 is 4.42 Å². The lowest BCUT2D eigenvalue weighted by molar-refractivity contribution is 0.320. The van der Waals surface area contributed by atoms with Gasteiger partial charge in [0.15, 0.2) is 0 Å². The lowest BCUT2D eigenvalue weighted by Gasteiger charge is -2.36. The van der Waals surface area contributed by atoms with E-state index in [0.29, 0.717) is 0 Å². The smallest absolute Gasteiger partial charge is 0.117 e. The van der Waals surface area contributed by atoms with Crippen molar-refractivity contribution in [2.24, 2.45) is 0 Å². The molecule has 0 spiro atoms. The summed E-state index contributed by atoms with van der Waals surface area (Å²) in [5.41, 5.74) is 3.14. The number of rotatable bonds is 10. The van der Waals surface area contributed by atoms with Crippen molar-refractivity contribution in [2.75, 3.05) is 12.6 Å². The van der Waals surface area contributed by atoms with Crippen molar-refractivity contribution in [1.82, 2.24) is 4.90 Å². The van der Waals surface area contributed by atoms with Gasteiger partial charge >= 0.3 is 0 Å². The quantitative estimate of drug-likeness (QED) is 0.439. The largest absolute Gasteiger partial charge is 0.468 e. The summed E-state index contributed by atoms with van der Waals surface area (Å²) in [7, 11) is 0.0515. The minimum absolute atomic E-state index is 0.0257. The Bertz CT molecular complexity index is 377. The van der Waals surface area contributed by atoms with Crippen molar-refractivity contribution in [2.45, 2.75) is 84.6 Å². The van der Waals surface area contributed by atoms with Gasteiger partial charge in [-0.2, -0.15) is 0 Å². The third kappa shape index (κ3) is 7.25. The molecule has 0 aliphatic rings. The highest BCUT2D eigenvalue weighted by Crippen LogP contribution is 2.50. The summed E-state index contributed by atoms with van der Waals surface area (Å²) < 4.78 is 5.64. The molecule has 0 amide bonds. The molecule has 0 aliphatic heterocycles. The minimum Gasteiger partial charge on any atom is -0.468 e. The van der Waals surface area contributed by atoms with Crippen LogP contribution in [0.15, 0.2) is 22.8 Å². The summed E-state index contributed by atoms with van der Waals surface area (Å²) in [6.45, 7) is 20.1. The van der Waals surface area contributed by atoms with Crippen LogP contribution in [0.3, 0.4) is 0 Å². The van der Waals surface area contributed by atoms with E-state index < -0.39 is 0 Å². The van der Waals surface area contributed by atoms with Crippen molar-refractivity contribution in [3.8, 4) is 0 Å². The Balaban J connectivity index is 2.87. The monoisotopic (exact) mass is 357 g/mol. The predicted molar refractivity (Wildman–Crippen MR) is 108 cm³/mol. The maximum absolute atomic E-state index is 5.64. The second-order valence-corrected chi connectivity index (χ2v) is 14.3. The molecule has 0 saturated carbocycles. The van der Waals surface area contributed by atoms with Crippen LogP contribution in [0.4, 0.5) is 0 Å². The zero-order chi connectivity index (χ0) is 17.6. The van der Waals surface area contributed by atoms with Crippen molar-refractivity contribution in [1.29, 1.82) is 0 Å². The molecule has 0 bridgehead atoms. The van der Waals surface area contributed by atoms with Crippen molar-refractivity contribution in [3.05, 3.63) is 24.2 Å². The summed E-state index contributed by atoms with van der Waals surface area (Å²) in [5.74, 6) is 1.11. The first-order chi connectivity index (χ1) is 10.7. The molecule has 0 radical (unpaired) electrons. The van der Waals surface area contributed by atoms with Crippen LogP contribution < -0.4 is 0 Å². The maximum Gasteiger partial charge on any atom is 0.117 e. The van der Waals surface area contributed by atoms with E-state index in [1.807, 2.05) is 6.07 Å². The molecule has 4 heteroatoms. The highest BCUT2D eigenvalue weighted by molar-refractivity contribution is 7.60. The van der Waals surface area contributed by atoms with E-state index in [4.69, 9.17) is 4.42 Å². The Kier molecular flexibility index (Phi) is 9.35. The highest BCUT2D eigenvalue weighted by atomic mass is 31.1. The second-order valence-electron chi connectivity index (χ2n) is 7.59. The molecule has 0 unspecified atom stereocenters. The van der Waals surface area contributed by atoms with Gasteiger partial charge in [0, 0.05) is 12.6 Å². The van der Waals surface area contributed by atoms with E-state index in [-0.39, 0.29) is 15.8 Å².